The van der Waals surface area contributed by atoms with E-state index >= 15 is 0 Å². The minimum Gasteiger partial charge on any atom is -0.481 e. The lowest BCUT2D eigenvalue weighted by Gasteiger charge is -2.37. The van der Waals surface area contributed by atoms with E-state index in [-0.39, 0.29) is 35.8 Å². The monoisotopic (exact) mass is 349 g/mol. The zero-order valence-electron chi connectivity index (χ0n) is 12.1. The van der Waals surface area contributed by atoms with Gasteiger partial charge in [0.1, 0.15) is 10.7 Å². The fraction of sp³-hybridized carbons (Fsp3) is 0.500. The van der Waals surface area contributed by atoms with Crippen molar-refractivity contribution in [3.63, 3.8) is 0 Å². The molecule has 0 aromatic heterocycles. The summed E-state index contributed by atoms with van der Waals surface area (Å²) >= 11 is 5.83. The van der Waals surface area contributed by atoms with Gasteiger partial charge in [-0.15, -0.1) is 0 Å². The Hall–Kier alpha value is -1.18. The van der Waals surface area contributed by atoms with Gasteiger partial charge in [0.15, 0.2) is 0 Å². The third-order valence-electron chi connectivity index (χ3n) is 4.32. The minimum atomic E-state index is -3.85. The van der Waals surface area contributed by atoms with E-state index < -0.39 is 27.2 Å². The first-order valence-electron chi connectivity index (χ1n) is 6.91. The Morgan fingerprint density at radius 1 is 1.41 bits per heavy atom. The number of sulfonamides is 1. The van der Waals surface area contributed by atoms with Crippen LogP contribution in [0.3, 0.4) is 0 Å². The van der Waals surface area contributed by atoms with Crippen molar-refractivity contribution in [3.8, 4) is 0 Å². The van der Waals surface area contributed by atoms with Crippen molar-refractivity contribution in [1.82, 2.24) is 4.31 Å². The van der Waals surface area contributed by atoms with Crippen LogP contribution in [0.2, 0.25) is 5.02 Å². The second-order valence-electron chi connectivity index (χ2n) is 5.42. The summed E-state index contributed by atoms with van der Waals surface area (Å²) < 4.78 is 39.4. The lowest BCUT2D eigenvalue weighted by Crippen LogP contribution is -2.46. The van der Waals surface area contributed by atoms with Crippen molar-refractivity contribution >= 4 is 27.6 Å². The van der Waals surface area contributed by atoms with E-state index in [4.69, 9.17) is 11.6 Å². The van der Waals surface area contributed by atoms with E-state index in [1.165, 1.54) is 4.31 Å². The smallest absolute Gasteiger partial charge is 0.309 e. The topological polar surface area (TPSA) is 74.7 Å². The fourth-order valence-electron chi connectivity index (χ4n) is 2.70. The van der Waals surface area contributed by atoms with Gasteiger partial charge in [0.25, 0.3) is 0 Å². The molecular weight excluding hydrogens is 333 g/mol. The van der Waals surface area contributed by atoms with E-state index in [0.717, 1.165) is 18.2 Å². The molecule has 22 heavy (non-hydrogen) atoms. The second kappa shape index (κ2) is 6.14. The molecule has 0 atom stereocenters. The predicted octanol–water partition coefficient (Wildman–Crippen LogP) is 2.74. The number of hydrogen-bond acceptors (Lipinski definition) is 3. The quantitative estimate of drug-likeness (QED) is 0.907. The van der Waals surface area contributed by atoms with Gasteiger partial charge in [0.05, 0.1) is 10.4 Å². The van der Waals surface area contributed by atoms with Gasteiger partial charge in [0, 0.05) is 13.1 Å². The molecule has 122 valence electrons. The highest BCUT2D eigenvalue weighted by molar-refractivity contribution is 7.89. The molecule has 1 aliphatic rings. The van der Waals surface area contributed by atoms with Crippen LogP contribution in [0.4, 0.5) is 4.39 Å². The maximum absolute atomic E-state index is 13.1. The molecule has 0 saturated carbocycles. The lowest BCUT2D eigenvalue weighted by molar-refractivity contribution is -0.151. The summed E-state index contributed by atoms with van der Waals surface area (Å²) in [4.78, 5) is 11.2. The second-order valence-corrected chi connectivity index (χ2v) is 7.73. The van der Waals surface area contributed by atoms with Crippen LogP contribution in [0.15, 0.2) is 23.1 Å². The van der Waals surface area contributed by atoms with Crippen molar-refractivity contribution in [1.29, 1.82) is 0 Å². The summed E-state index contributed by atoms with van der Waals surface area (Å²) in [5.74, 6) is -1.51. The van der Waals surface area contributed by atoms with Gasteiger partial charge in [-0.1, -0.05) is 18.5 Å². The van der Waals surface area contributed by atoms with Gasteiger partial charge in [-0.3, -0.25) is 4.79 Å². The molecule has 1 aliphatic heterocycles. The van der Waals surface area contributed by atoms with Gasteiger partial charge in [0.2, 0.25) is 10.0 Å². The highest BCUT2D eigenvalue weighted by Gasteiger charge is 2.42. The maximum atomic E-state index is 13.1. The number of hydrogen-bond donors (Lipinski definition) is 1. The Morgan fingerprint density at radius 3 is 2.45 bits per heavy atom. The summed E-state index contributed by atoms with van der Waals surface area (Å²) in [5, 5.41) is 9.16. The van der Waals surface area contributed by atoms with E-state index in [1.807, 2.05) is 0 Å². The Labute approximate surface area is 133 Å². The van der Waals surface area contributed by atoms with Crippen molar-refractivity contribution in [2.24, 2.45) is 5.41 Å². The molecule has 1 aromatic rings. The normalized spacial score (nSPS) is 19.0. The Morgan fingerprint density at radius 2 is 2.00 bits per heavy atom. The van der Waals surface area contributed by atoms with E-state index in [1.54, 1.807) is 6.92 Å². The van der Waals surface area contributed by atoms with Gasteiger partial charge in [-0.25, -0.2) is 12.8 Å². The third-order valence-corrected chi connectivity index (χ3v) is 6.70. The molecule has 0 bridgehead atoms. The van der Waals surface area contributed by atoms with E-state index in [9.17, 15) is 22.7 Å². The van der Waals surface area contributed by atoms with Crippen LogP contribution in [0.5, 0.6) is 0 Å². The van der Waals surface area contributed by atoms with Crippen LogP contribution in [0.1, 0.15) is 26.2 Å². The summed E-state index contributed by atoms with van der Waals surface area (Å²) in [7, 11) is -3.85. The van der Waals surface area contributed by atoms with E-state index in [0.29, 0.717) is 6.42 Å². The van der Waals surface area contributed by atoms with Crippen molar-refractivity contribution in [3.05, 3.63) is 29.0 Å². The van der Waals surface area contributed by atoms with Crippen LogP contribution in [0, 0.1) is 11.2 Å². The predicted molar refractivity (Wildman–Crippen MR) is 79.8 cm³/mol. The SMILES string of the molecule is CCC1(C(=O)O)CCN(S(=O)(=O)c2ccc(F)cc2Cl)CC1. The lowest BCUT2D eigenvalue weighted by atomic mass is 9.77. The summed E-state index contributed by atoms with van der Waals surface area (Å²) in [5.41, 5.74) is -0.876. The summed E-state index contributed by atoms with van der Waals surface area (Å²) in [6.45, 7) is 2.00. The number of carbonyl (C=O) groups is 1. The average Bonchev–Trinajstić information content (AvgIpc) is 2.46. The summed E-state index contributed by atoms with van der Waals surface area (Å²) in [6, 6.07) is 3.12. The number of nitrogens with zero attached hydrogens (tertiary/aromatic N) is 1. The molecule has 0 unspecified atom stereocenters. The number of piperidine rings is 1. The van der Waals surface area contributed by atoms with Crippen molar-refractivity contribution in [2.45, 2.75) is 31.1 Å². The molecule has 1 N–H and O–H groups in total. The van der Waals surface area contributed by atoms with Crippen LogP contribution >= 0.6 is 11.6 Å². The first-order chi connectivity index (χ1) is 10.2. The zero-order chi connectivity index (χ0) is 16.5. The van der Waals surface area contributed by atoms with E-state index in [2.05, 4.69) is 0 Å². The largest absolute Gasteiger partial charge is 0.481 e. The number of halogens is 2. The van der Waals surface area contributed by atoms with Crippen LogP contribution < -0.4 is 0 Å². The molecular formula is C14H17ClFNO4S. The maximum Gasteiger partial charge on any atom is 0.309 e. The van der Waals surface area contributed by atoms with Gasteiger partial charge >= 0.3 is 5.97 Å². The highest BCUT2D eigenvalue weighted by Crippen LogP contribution is 2.37. The number of aliphatic carboxylic acids is 1. The molecule has 0 aliphatic carbocycles. The van der Waals surface area contributed by atoms with Gasteiger partial charge in [-0.2, -0.15) is 4.31 Å². The molecule has 0 spiro atoms. The van der Waals surface area contributed by atoms with Crippen LogP contribution in [-0.2, 0) is 14.8 Å². The number of carboxylic acid groups (broad SMARTS) is 1. The molecule has 0 radical (unpaired) electrons. The Bertz CT molecular complexity index is 684. The van der Waals surface area contributed by atoms with Gasteiger partial charge in [-0.05, 0) is 37.5 Å². The fourth-order valence-corrected chi connectivity index (χ4v) is 4.64. The zero-order valence-corrected chi connectivity index (χ0v) is 13.6. The standard InChI is InChI=1S/C14H17ClFNO4S/c1-2-14(13(18)19)5-7-17(8-6-14)22(20,21)12-4-3-10(16)9-11(12)15/h3-4,9H,2,5-8H2,1H3,(H,18,19). The molecule has 1 aromatic carbocycles. The molecule has 1 heterocycles. The molecule has 5 nitrogen and oxygen atoms in total. The van der Waals surface area contributed by atoms with Crippen molar-refractivity contribution in [2.75, 3.05) is 13.1 Å². The molecule has 2 rings (SSSR count). The average molecular weight is 350 g/mol. The molecule has 0 amide bonds. The molecule has 1 fully saturated rings. The van der Waals surface area contributed by atoms with Gasteiger partial charge < -0.3 is 5.11 Å². The first kappa shape index (κ1) is 17.2. The summed E-state index contributed by atoms with van der Waals surface area (Å²) in [6.07, 6.45) is 0.946. The van der Waals surface area contributed by atoms with Crippen LogP contribution in [0.25, 0.3) is 0 Å². The first-order valence-corrected chi connectivity index (χ1v) is 8.73. The molecule has 8 heteroatoms. The third kappa shape index (κ3) is 2.98. The Kier molecular flexibility index (Phi) is 4.79. The number of carboxylic acids is 1. The highest BCUT2D eigenvalue weighted by atomic mass is 35.5. The minimum absolute atomic E-state index is 0.107. The van der Waals surface area contributed by atoms with Crippen molar-refractivity contribution < 1.29 is 22.7 Å². The van der Waals surface area contributed by atoms with Crippen LogP contribution in [-0.4, -0.2) is 36.9 Å². The molecule has 1 saturated heterocycles. The Balaban J connectivity index is 2.25. The number of rotatable bonds is 4. The number of benzene rings is 1.